The van der Waals surface area contributed by atoms with Gasteiger partial charge in [0.05, 0.1) is 13.7 Å². The first kappa shape index (κ1) is 12.0. The van der Waals surface area contributed by atoms with Crippen LogP contribution in [0.4, 0.5) is 0 Å². The van der Waals surface area contributed by atoms with Gasteiger partial charge in [-0.3, -0.25) is 0 Å². The molecule has 0 spiro atoms. The van der Waals surface area contributed by atoms with E-state index in [1.165, 1.54) is 13.5 Å². The molecule has 1 aromatic rings. The molecule has 0 atom stereocenters. The van der Waals surface area contributed by atoms with E-state index in [1.807, 2.05) is 4.90 Å². The van der Waals surface area contributed by atoms with E-state index in [2.05, 4.69) is 9.98 Å². The number of aromatic nitrogens is 1. The monoisotopic (exact) mass is 254 g/mol. The van der Waals surface area contributed by atoms with Gasteiger partial charge in [-0.15, -0.1) is 0 Å². The summed E-state index contributed by atoms with van der Waals surface area (Å²) in [5.41, 5.74) is 6.73. The van der Waals surface area contributed by atoms with E-state index in [4.69, 9.17) is 22.1 Å². The van der Waals surface area contributed by atoms with Crippen LogP contribution in [0.5, 0.6) is 5.88 Å². The predicted molar refractivity (Wildman–Crippen MR) is 67.3 cm³/mol. The van der Waals surface area contributed by atoms with Crippen molar-refractivity contribution in [1.29, 1.82) is 0 Å². The van der Waals surface area contributed by atoms with E-state index in [0.717, 1.165) is 18.7 Å². The molecule has 0 aliphatic carbocycles. The number of halogens is 1. The molecule has 92 valence electrons. The van der Waals surface area contributed by atoms with Gasteiger partial charge in [-0.1, -0.05) is 11.6 Å². The quantitative estimate of drug-likeness (QED) is 0.652. The SMILES string of the molecule is COc1ncc(CN=C(N)N2CCC2)cc1Cl. The van der Waals surface area contributed by atoms with Crippen molar-refractivity contribution in [3.63, 3.8) is 0 Å². The second-order valence-corrected chi connectivity index (χ2v) is 4.26. The minimum Gasteiger partial charge on any atom is -0.480 e. The molecular formula is C11H15ClN4O. The average molecular weight is 255 g/mol. The van der Waals surface area contributed by atoms with Crippen LogP contribution in [0.25, 0.3) is 0 Å². The van der Waals surface area contributed by atoms with Gasteiger partial charge in [0.15, 0.2) is 5.96 Å². The van der Waals surface area contributed by atoms with Crippen LogP contribution in [-0.4, -0.2) is 36.0 Å². The van der Waals surface area contributed by atoms with Crippen molar-refractivity contribution in [3.05, 3.63) is 22.8 Å². The molecule has 6 heteroatoms. The van der Waals surface area contributed by atoms with Crippen molar-refractivity contribution in [3.8, 4) is 5.88 Å². The van der Waals surface area contributed by atoms with E-state index >= 15 is 0 Å². The van der Waals surface area contributed by atoms with Crippen molar-refractivity contribution in [2.75, 3.05) is 20.2 Å². The van der Waals surface area contributed by atoms with Crippen molar-refractivity contribution in [2.24, 2.45) is 10.7 Å². The van der Waals surface area contributed by atoms with E-state index in [1.54, 1.807) is 12.3 Å². The fraction of sp³-hybridized carbons (Fsp3) is 0.455. The molecule has 1 fully saturated rings. The van der Waals surface area contributed by atoms with Crippen molar-refractivity contribution in [2.45, 2.75) is 13.0 Å². The first-order valence-corrected chi connectivity index (χ1v) is 5.82. The molecular weight excluding hydrogens is 240 g/mol. The Morgan fingerprint density at radius 1 is 1.65 bits per heavy atom. The normalized spacial score (nSPS) is 15.6. The van der Waals surface area contributed by atoms with Crippen molar-refractivity contribution >= 4 is 17.6 Å². The summed E-state index contributed by atoms with van der Waals surface area (Å²) in [7, 11) is 1.54. The largest absolute Gasteiger partial charge is 0.480 e. The first-order chi connectivity index (χ1) is 8.20. The fourth-order valence-corrected chi connectivity index (χ4v) is 1.79. The van der Waals surface area contributed by atoms with Gasteiger partial charge < -0.3 is 15.4 Å². The predicted octanol–water partition coefficient (Wildman–Crippen LogP) is 1.26. The highest BCUT2D eigenvalue weighted by molar-refractivity contribution is 6.31. The number of rotatable bonds is 3. The van der Waals surface area contributed by atoms with Crippen molar-refractivity contribution < 1.29 is 4.74 Å². The third-order valence-electron chi connectivity index (χ3n) is 2.66. The van der Waals surface area contributed by atoms with Gasteiger partial charge in [0.25, 0.3) is 0 Å². The van der Waals surface area contributed by atoms with Gasteiger partial charge in [0.2, 0.25) is 5.88 Å². The Morgan fingerprint density at radius 2 is 2.41 bits per heavy atom. The molecule has 1 aliphatic rings. The van der Waals surface area contributed by atoms with E-state index in [0.29, 0.717) is 23.4 Å². The summed E-state index contributed by atoms with van der Waals surface area (Å²) >= 11 is 5.97. The second-order valence-electron chi connectivity index (χ2n) is 3.85. The number of likely N-dealkylation sites (tertiary alicyclic amines) is 1. The topological polar surface area (TPSA) is 63.7 Å². The molecule has 0 unspecified atom stereocenters. The number of hydrogen-bond donors (Lipinski definition) is 1. The summed E-state index contributed by atoms with van der Waals surface area (Å²) in [4.78, 5) is 10.4. The Morgan fingerprint density at radius 3 is 2.94 bits per heavy atom. The zero-order chi connectivity index (χ0) is 12.3. The third kappa shape index (κ3) is 2.79. The number of pyridine rings is 1. The first-order valence-electron chi connectivity index (χ1n) is 5.44. The number of aliphatic imine (C=N–C) groups is 1. The Hall–Kier alpha value is -1.49. The number of nitrogens with zero attached hydrogens (tertiary/aromatic N) is 3. The standard InChI is InChI=1S/C11H15ClN4O/c1-17-10-9(12)5-8(6-14-10)7-15-11(13)16-3-2-4-16/h5-6H,2-4,7H2,1H3,(H2,13,15). The summed E-state index contributed by atoms with van der Waals surface area (Å²) in [6, 6.07) is 1.79. The minimum atomic E-state index is 0.426. The smallest absolute Gasteiger partial charge is 0.232 e. The van der Waals surface area contributed by atoms with E-state index in [9.17, 15) is 0 Å². The summed E-state index contributed by atoms with van der Waals surface area (Å²) in [5.74, 6) is 1.01. The van der Waals surface area contributed by atoms with Crippen LogP contribution in [0, 0.1) is 0 Å². The third-order valence-corrected chi connectivity index (χ3v) is 2.93. The van der Waals surface area contributed by atoms with E-state index < -0.39 is 0 Å². The lowest BCUT2D eigenvalue weighted by Crippen LogP contribution is -2.46. The number of nitrogens with two attached hydrogens (primary N) is 1. The summed E-state index contributed by atoms with van der Waals surface area (Å²) in [5, 5.41) is 0.489. The Bertz CT molecular complexity index is 431. The van der Waals surface area contributed by atoms with Gasteiger partial charge in [-0.2, -0.15) is 0 Å². The summed E-state index contributed by atoms with van der Waals surface area (Å²) in [6.45, 7) is 2.48. The second kappa shape index (κ2) is 5.23. The molecule has 1 aliphatic heterocycles. The number of ether oxygens (including phenoxy) is 1. The Labute approximate surface area is 105 Å². The fourth-order valence-electron chi connectivity index (χ4n) is 1.52. The molecule has 0 bridgehead atoms. The van der Waals surface area contributed by atoms with Crippen LogP contribution in [0.2, 0.25) is 5.02 Å². The molecule has 2 heterocycles. The maximum atomic E-state index is 5.97. The molecule has 0 radical (unpaired) electrons. The lowest BCUT2D eigenvalue weighted by molar-refractivity contribution is 0.295. The maximum Gasteiger partial charge on any atom is 0.232 e. The highest BCUT2D eigenvalue weighted by Gasteiger charge is 2.15. The molecule has 2 N–H and O–H groups in total. The van der Waals surface area contributed by atoms with Gasteiger partial charge in [0.1, 0.15) is 5.02 Å². The van der Waals surface area contributed by atoms with Crippen LogP contribution in [0.15, 0.2) is 17.3 Å². The van der Waals surface area contributed by atoms with Gasteiger partial charge >= 0.3 is 0 Å². The zero-order valence-electron chi connectivity index (χ0n) is 9.69. The average Bonchev–Trinajstić information content (AvgIpc) is 2.24. The molecule has 0 amide bonds. The molecule has 0 saturated carbocycles. The number of hydrogen-bond acceptors (Lipinski definition) is 3. The lowest BCUT2D eigenvalue weighted by Gasteiger charge is -2.31. The molecule has 17 heavy (non-hydrogen) atoms. The molecule has 1 aromatic heterocycles. The van der Waals surface area contributed by atoms with Crippen LogP contribution >= 0.6 is 11.6 Å². The molecule has 5 nitrogen and oxygen atoms in total. The Kier molecular flexibility index (Phi) is 3.68. The zero-order valence-corrected chi connectivity index (χ0v) is 10.4. The molecule has 1 saturated heterocycles. The van der Waals surface area contributed by atoms with Gasteiger partial charge in [-0.05, 0) is 18.1 Å². The highest BCUT2D eigenvalue weighted by atomic mass is 35.5. The summed E-state index contributed by atoms with van der Waals surface area (Å²) < 4.78 is 4.98. The van der Waals surface area contributed by atoms with Gasteiger partial charge in [-0.25, -0.2) is 9.98 Å². The van der Waals surface area contributed by atoms with Crippen LogP contribution in [0.3, 0.4) is 0 Å². The Balaban J connectivity index is 2.01. The van der Waals surface area contributed by atoms with Gasteiger partial charge in [0, 0.05) is 19.3 Å². The number of methoxy groups -OCH3 is 1. The highest BCUT2D eigenvalue weighted by Crippen LogP contribution is 2.22. The van der Waals surface area contributed by atoms with Crippen LogP contribution < -0.4 is 10.5 Å². The summed E-state index contributed by atoms with van der Waals surface area (Å²) in [6.07, 6.45) is 2.88. The molecule has 0 aromatic carbocycles. The molecule has 2 rings (SSSR count). The number of guanidine groups is 1. The maximum absolute atomic E-state index is 5.97. The van der Waals surface area contributed by atoms with Crippen LogP contribution in [0.1, 0.15) is 12.0 Å². The minimum absolute atomic E-state index is 0.426. The van der Waals surface area contributed by atoms with Crippen molar-refractivity contribution in [1.82, 2.24) is 9.88 Å². The lowest BCUT2D eigenvalue weighted by atomic mass is 10.2. The van der Waals surface area contributed by atoms with Crippen LogP contribution in [-0.2, 0) is 6.54 Å². The van der Waals surface area contributed by atoms with E-state index in [-0.39, 0.29) is 0 Å².